The summed E-state index contributed by atoms with van der Waals surface area (Å²) >= 11 is 0. The molecule has 2 N–H and O–H groups in total. The van der Waals surface area contributed by atoms with E-state index in [-0.39, 0.29) is 11.1 Å². The molecule has 0 aliphatic carbocycles. The smallest absolute Gasteiger partial charge is 0.340 e. The average Bonchev–Trinajstić information content (AvgIpc) is 2.99. The number of benzene rings is 2. The first-order valence-electron chi connectivity index (χ1n) is 8.64. The number of aromatic carboxylic acids is 1. The van der Waals surface area contributed by atoms with Crippen LogP contribution in [0, 0.1) is 12.7 Å². The minimum absolute atomic E-state index is 0.178. The second-order valence-corrected chi connectivity index (χ2v) is 7.46. The number of anilines is 2. The van der Waals surface area contributed by atoms with Crippen molar-refractivity contribution in [2.45, 2.75) is 33.1 Å². The van der Waals surface area contributed by atoms with Crippen LogP contribution in [-0.4, -0.2) is 20.9 Å². The molecule has 0 fully saturated rings. The molecule has 140 valence electrons. The second kappa shape index (κ2) is 6.87. The number of hydrogen-bond donors (Lipinski definition) is 2. The number of aryl methyl sites for hydroxylation is 1. The van der Waals surface area contributed by atoms with E-state index in [4.69, 9.17) is 5.10 Å². The largest absolute Gasteiger partial charge is 0.478 e. The second-order valence-electron chi connectivity index (χ2n) is 7.46. The van der Waals surface area contributed by atoms with E-state index in [0.717, 1.165) is 23.0 Å². The summed E-state index contributed by atoms with van der Waals surface area (Å²) in [6.07, 6.45) is 0. The minimum Gasteiger partial charge on any atom is -0.478 e. The molecule has 0 saturated carbocycles. The first kappa shape index (κ1) is 18.6. The van der Waals surface area contributed by atoms with Gasteiger partial charge in [-0.15, -0.1) is 0 Å². The summed E-state index contributed by atoms with van der Waals surface area (Å²) in [4.78, 5) is 11.5. The van der Waals surface area contributed by atoms with Gasteiger partial charge in [-0.2, -0.15) is 5.10 Å². The summed E-state index contributed by atoms with van der Waals surface area (Å²) in [7, 11) is 0. The van der Waals surface area contributed by atoms with Crippen LogP contribution in [-0.2, 0) is 5.41 Å². The van der Waals surface area contributed by atoms with Gasteiger partial charge >= 0.3 is 5.97 Å². The van der Waals surface area contributed by atoms with Gasteiger partial charge in [-0.25, -0.2) is 13.9 Å². The Morgan fingerprint density at radius 2 is 1.85 bits per heavy atom. The molecule has 0 atom stereocenters. The highest BCUT2D eigenvalue weighted by Gasteiger charge is 2.23. The third-order valence-corrected chi connectivity index (χ3v) is 4.31. The monoisotopic (exact) mass is 367 g/mol. The summed E-state index contributed by atoms with van der Waals surface area (Å²) in [5, 5.41) is 17.2. The van der Waals surface area contributed by atoms with Crippen molar-refractivity contribution >= 4 is 17.5 Å². The van der Waals surface area contributed by atoms with E-state index in [2.05, 4.69) is 5.32 Å². The topological polar surface area (TPSA) is 67.2 Å². The zero-order valence-corrected chi connectivity index (χ0v) is 15.7. The molecular formula is C21H22FN3O2. The number of carbonyl (C=O) groups is 1. The highest BCUT2D eigenvalue weighted by Crippen LogP contribution is 2.30. The van der Waals surface area contributed by atoms with Crippen LogP contribution in [0.25, 0.3) is 5.69 Å². The Labute approximate surface area is 157 Å². The summed E-state index contributed by atoms with van der Waals surface area (Å²) < 4.78 is 15.8. The molecule has 0 radical (unpaired) electrons. The van der Waals surface area contributed by atoms with Gasteiger partial charge in [0, 0.05) is 11.5 Å². The fourth-order valence-electron chi connectivity index (χ4n) is 2.80. The summed E-state index contributed by atoms with van der Waals surface area (Å²) in [6.45, 7) is 8.12. The SMILES string of the molecule is Cc1ccccc1-n1nc(C(C)(C)C)cc1Nc1cccc(F)c1C(=O)O. The van der Waals surface area contributed by atoms with Gasteiger partial charge in [0.05, 0.1) is 17.1 Å². The number of hydrogen-bond acceptors (Lipinski definition) is 3. The van der Waals surface area contributed by atoms with Crippen molar-refractivity contribution in [3.05, 3.63) is 71.2 Å². The molecular weight excluding hydrogens is 345 g/mol. The highest BCUT2D eigenvalue weighted by molar-refractivity contribution is 5.95. The summed E-state index contributed by atoms with van der Waals surface area (Å²) in [5.41, 5.74) is 2.29. The van der Waals surface area contributed by atoms with Gasteiger partial charge in [-0.1, -0.05) is 45.0 Å². The first-order valence-corrected chi connectivity index (χ1v) is 8.64. The van der Waals surface area contributed by atoms with Crippen molar-refractivity contribution in [1.29, 1.82) is 0 Å². The van der Waals surface area contributed by atoms with Crippen LogP contribution in [0.2, 0.25) is 0 Å². The van der Waals surface area contributed by atoms with Crippen molar-refractivity contribution in [2.75, 3.05) is 5.32 Å². The molecule has 0 aliphatic rings. The Morgan fingerprint density at radius 3 is 2.48 bits per heavy atom. The van der Waals surface area contributed by atoms with E-state index in [9.17, 15) is 14.3 Å². The maximum atomic E-state index is 14.0. The van der Waals surface area contributed by atoms with Crippen molar-refractivity contribution < 1.29 is 14.3 Å². The van der Waals surface area contributed by atoms with Crippen molar-refractivity contribution in [2.24, 2.45) is 0 Å². The number of rotatable bonds is 4. The Bertz CT molecular complexity index is 1000. The molecule has 27 heavy (non-hydrogen) atoms. The van der Waals surface area contributed by atoms with Gasteiger partial charge in [0.25, 0.3) is 0 Å². The molecule has 0 unspecified atom stereocenters. The molecule has 0 bridgehead atoms. The zero-order chi connectivity index (χ0) is 19.8. The van der Waals surface area contributed by atoms with Gasteiger partial charge in [0.2, 0.25) is 0 Å². The number of carboxylic acid groups (broad SMARTS) is 1. The highest BCUT2D eigenvalue weighted by atomic mass is 19.1. The van der Waals surface area contributed by atoms with Crippen molar-refractivity contribution in [1.82, 2.24) is 9.78 Å². The van der Waals surface area contributed by atoms with Crippen LogP contribution >= 0.6 is 0 Å². The van der Waals surface area contributed by atoms with E-state index in [1.807, 2.05) is 58.0 Å². The average molecular weight is 367 g/mol. The van der Waals surface area contributed by atoms with Gasteiger partial charge in [-0.05, 0) is 30.7 Å². The number of aromatic nitrogens is 2. The summed E-state index contributed by atoms with van der Waals surface area (Å²) in [5.74, 6) is -1.54. The van der Waals surface area contributed by atoms with Gasteiger partial charge in [0.15, 0.2) is 0 Å². The number of nitrogens with zero attached hydrogens (tertiary/aromatic N) is 2. The van der Waals surface area contributed by atoms with Gasteiger partial charge in [0.1, 0.15) is 17.2 Å². The lowest BCUT2D eigenvalue weighted by atomic mass is 9.92. The predicted molar refractivity (Wildman–Crippen MR) is 104 cm³/mol. The normalized spacial score (nSPS) is 11.4. The van der Waals surface area contributed by atoms with Gasteiger partial charge < -0.3 is 10.4 Å². The maximum absolute atomic E-state index is 14.0. The fourth-order valence-corrected chi connectivity index (χ4v) is 2.80. The molecule has 0 amide bonds. The molecule has 5 nitrogen and oxygen atoms in total. The van der Waals surface area contributed by atoms with Crippen molar-refractivity contribution in [3.8, 4) is 5.69 Å². The molecule has 3 aromatic rings. The van der Waals surface area contributed by atoms with Crippen LogP contribution < -0.4 is 5.32 Å². The first-order chi connectivity index (χ1) is 12.7. The Balaban J connectivity index is 2.16. The third kappa shape index (κ3) is 3.69. The third-order valence-electron chi connectivity index (χ3n) is 4.31. The molecule has 2 aromatic carbocycles. The van der Waals surface area contributed by atoms with Crippen LogP contribution in [0.5, 0.6) is 0 Å². The number of nitrogens with one attached hydrogen (secondary N) is 1. The quantitative estimate of drug-likeness (QED) is 0.676. The van der Waals surface area contributed by atoms with Crippen LogP contribution in [0.4, 0.5) is 15.9 Å². The van der Waals surface area contributed by atoms with E-state index >= 15 is 0 Å². The number of carboxylic acids is 1. The Kier molecular flexibility index (Phi) is 4.74. The molecule has 3 rings (SSSR count). The molecule has 1 aromatic heterocycles. The fraction of sp³-hybridized carbons (Fsp3) is 0.238. The standard InChI is InChI=1S/C21H22FN3O2/c1-13-8-5-6-11-16(13)25-18(12-17(24-25)21(2,3)4)23-15-10-7-9-14(22)19(15)20(26)27/h5-12,23H,1-4H3,(H,26,27). The molecule has 6 heteroatoms. The lowest BCUT2D eigenvalue weighted by molar-refractivity contribution is 0.0693. The molecule has 0 aliphatic heterocycles. The Hall–Kier alpha value is -3.15. The van der Waals surface area contributed by atoms with E-state index in [1.54, 1.807) is 10.7 Å². The van der Waals surface area contributed by atoms with Crippen LogP contribution in [0.1, 0.15) is 42.4 Å². The van der Waals surface area contributed by atoms with E-state index in [0.29, 0.717) is 5.82 Å². The summed E-state index contributed by atoms with van der Waals surface area (Å²) in [6, 6.07) is 13.8. The number of para-hydroxylation sites is 1. The minimum atomic E-state index is -1.33. The van der Waals surface area contributed by atoms with E-state index < -0.39 is 17.3 Å². The van der Waals surface area contributed by atoms with Gasteiger partial charge in [-0.3, -0.25) is 0 Å². The van der Waals surface area contributed by atoms with E-state index in [1.165, 1.54) is 6.07 Å². The Morgan fingerprint density at radius 1 is 1.15 bits per heavy atom. The predicted octanol–water partition coefficient (Wildman–Crippen LogP) is 5.06. The number of halogens is 1. The van der Waals surface area contributed by atoms with Crippen LogP contribution in [0.3, 0.4) is 0 Å². The van der Waals surface area contributed by atoms with Crippen molar-refractivity contribution in [3.63, 3.8) is 0 Å². The molecule has 0 saturated heterocycles. The van der Waals surface area contributed by atoms with Crippen LogP contribution in [0.15, 0.2) is 48.5 Å². The maximum Gasteiger partial charge on any atom is 0.340 e. The molecule has 0 spiro atoms. The molecule has 1 heterocycles. The zero-order valence-electron chi connectivity index (χ0n) is 15.7. The lowest BCUT2D eigenvalue weighted by Gasteiger charge is -2.14. The lowest BCUT2D eigenvalue weighted by Crippen LogP contribution is -2.13.